The zero-order valence-corrected chi connectivity index (χ0v) is 14.1. The molecule has 2 fully saturated rings. The molecular formula is C20H25N3O. The number of benzene rings is 1. The minimum absolute atomic E-state index is 0.169. The molecular weight excluding hydrogens is 298 g/mol. The van der Waals surface area contributed by atoms with Crippen LogP contribution >= 0.6 is 0 Å². The summed E-state index contributed by atoms with van der Waals surface area (Å²) in [5, 5.41) is 1.13. The molecule has 3 N–H and O–H groups in total. The molecule has 4 nitrogen and oxygen atoms in total. The Morgan fingerprint density at radius 1 is 1.00 bits per heavy atom. The van der Waals surface area contributed by atoms with Crippen molar-refractivity contribution in [3.8, 4) is 0 Å². The molecule has 4 rings (SSSR count). The maximum absolute atomic E-state index is 12.7. The number of amides is 1. The van der Waals surface area contributed by atoms with Crippen molar-refractivity contribution in [3.05, 3.63) is 41.1 Å². The minimum atomic E-state index is -0.169. The van der Waals surface area contributed by atoms with Crippen LogP contribution in [0.25, 0.3) is 10.9 Å². The van der Waals surface area contributed by atoms with Gasteiger partial charge in [-0.1, -0.05) is 43.9 Å². The first-order valence-corrected chi connectivity index (χ1v) is 9.23. The molecule has 126 valence electrons. The second-order valence-electron chi connectivity index (χ2n) is 7.24. The first kappa shape index (κ1) is 15.6. The van der Waals surface area contributed by atoms with E-state index in [-0.39, 0.29) is 5.91 Å². The lowest BCUT2D eigenvalue weighted by atomic mass is 9.85. The first-order chi connectivity index (χ1) is 11.8. The van der Waals surface area contributed by atoms with Crippen molar-refractivity contribution >= 4 is 16.8 Å². The van der Waals surface area contributed by atoms with Gasteiger partial charge in [-0.2, -0.15) is 0 Å². The lowest BCUT2D eigenvalue weighted by Gasteiger charge is -2.22. The van der Waals surface area contributed by atoms with Crippen LogP contribution < -0.4 is 11.3 Å². The summed E-state index contributed by atoms with van der Waals surface area (Å²) in [6, 6.07) is 8.27. The molecule has 0 atom stereocenters. The van der Waals surface area contributed by atoms with Crippen LogP contribution in [-0.4, -0.2) is 10.9 Å². The average molecular weight is 323 g/mol. The topological polar surface area (TPSA) is 68.0 Å². The van der Waals surface area contributed by atoms with E-state index in [1.54, 1.807) is 0 Å². The van der Waals surface area contributed by atoms with Gasteiger partial charge >= 0.3 is 0 Å². The van der Waals surface area contributed by atoms with E-state index in [1.807, 2.05) is 12.1 Å². The van der Waals surface area contributed by atoms with Gasteiger partial charge in [-0.25, -0.2) is 5.84 Å². The van der Waals surface area contributed by atoms with Gasteiger partial charge in [-0.3, -0.25) is 15.2 Å². The van der Waals surface area contributed by atoms with Crippen molar-refractivity contribution in [2.24, 2.45) is 5.84 Å². The highest BCUT2D eigenvalue weighted by molar-refractivity contribution is 6.01. The van der Waals surface area contributed by atoms with E-state index in [4.69, 9.17) is 10.8 Å². The summed E-state index contributed by atoms with van der Waals surface area (Å²) in [6.45, 7) is 0. The monoisotopic (exact) mass is 323 g/mol. The van der Waals surface area contributed by atoms with E-state index in [9.17, 15) is 4.79 Å². The Balaban J connectivity index is 2.00. The Morgan fingerprint density at radius 3 is 2.29 bits per heavy atom. The largest absolute Gasteiger partial charge is 0.290 e. The highest BCUT2D eigenvalue weighted by Crippen LogP contribution is 2.43. The van der Waals surface area contributed by atoms with Crippen molar-refractivity contribution in [2.75, 3.05) is 0 Å². The van der Waals surface area contributed by atoms with E-state index < -0.39 is 0 Å². The van der Waals surface area contributed by atoms with Gasteiger partial charge in [0.05, 0.1) is 16.8 Å². The summed E-state index contributed by atoms with van der Waals surface area (Å²) < 4.78 is 0. The van der Waals surface area contributed by atoms with E-state index in [1.165, 1.54) is 31.2 Å². The van der Waals surface area contributed by atoms with Crippen LogP contribution in [0, 0.1) is 0 Å². The number of nitrogen functional groups attached to an aromatic ring is 1. The molecule has 0 saturated heterocycles. The smallest absolute Gasteiger partial charge is 0.267 e. The number of hydrazine groups is 1. The SMILES string of the molecule is NNC(=O)c1c(C2CCCC2)nc2ccccc2c1C1CCCC1. The maximum Gasteiger partial charge on any atom is 0.267 e. The molecule has 2 saturated carbocycles. The number of rotatable bonds is 3. The Kier molecular flexibility index (Phi) is 4.23. The van der Waals surface area contributed by atoms with Gasteiger partial charge in [0, 0.05) is 11.3 Å². The number of para-hydroxylation sites is 1. The summed E-state index contributed by atoms with van der Waals surface area (Å²) in [5.41, 5.74) is 6.37. The number of aromatic nitrogens is 1. The van der Waals surface area contributed by atoms with Gasteiger partial charge in [-0.15, -0.1) is 0 Å². The number of hydrogen-bond acceptors (Lipinski definition) is 3. The molecule has 2 aliphatic carbocycles. The second-order valence-corrected chi connectivity index (χ2v) is 7.24. The molecule has 24 heavy (non-hydrogen) atoms. The van der Waals surface area contributed by atoms with Crippen LogP contribution in [-0.2, 0) is 0 Å². The first-order valence-electron chi connectivity index (χ1n) is 9.23. The molecule has 2 aromatic rings. The number of pyridine rings is 1. The lowest BCUT2D eigenvalue weighted by Crippen LogP contribution is -2.33. The van der Waals surface area contributed by atoms with Gasteiger partial charge < -0.3 is 0 Å². The number of fused-ring (bicyclic) bond motifs is 1. The molecule has 0 spiro atoms. The maximum atomic E-state index is 12.7. The zero-order chi connectivity index (χ0) is 16.5. The molecule has 1 aromatic heterocycles. The highest BCUT2D eigenvalue weighted by atomic mass is 16.2. The Hall–Kier alpha value is -1.94. The van der Waals surface area contributed by atoms with Crippen molar-refractivity contribution < 1.29 is 4.79 Å². The highest BCUT2D eigenvalue weighted by Gasteiger charge is 2.31. The molecule has 1 aromatic carbocycles. The number of nitrogens with zero attached hydrogens (tertiary/aromatic N) is 1. The fourth-order valence-electron chi connectivity index (χ4n) is 4.70. The van der Waals surface area contributed by atoms with Crippen LogP contribution in [0.15, 0.2) is 24.3 Å². The summed E-state index contributed by atoms with van der Waals surface area (Å²) in [5.74, 6) is 6.23. The fraction of sp³-hybridized carbons (Fsp3) is 0.500. The number of nitrogens with one attached hydrogen (secondary N) is 1. The van der Waals surface area contributed by atoms with Crippen molar-refractivity contribution in [3.63, 3.8) is 0 Å². The number of carbonyl (C=O) groups is 1. The Morgan fingerprint density at radius 2 is 1.62 bits per heavy atom. The molecule has 0 radical (unpaired) electrons. The fourth-order valence-corrected chi connectivity index (χ4v) is 4.70. The van der Waals surface area contributed by atoms with Crippen LogP contribution in [0.1, 0.15) is 84.8 Å². The van der Waals surface area contributed by atoms with Crippen molar-refractivity contribution in [2.45, 2.75) is 63.2 Å². The molecule has 1 heterocycles. The number of carbonyl (C=O) groups excluding carboxylic acids is 1. The van der Waals surface area contributed by atoms with E-state index in [0.29, 0.717) is 11.8 Å². The molecule has 2 aliphatic rings. The predicted molar refractivity (Wildman–Crippen MR) is 95.8 cm³/mol. The van der Waals surface area contributed by atoms with Gasteiger partial charge in [0.25, 0.3) is 5.91 Å². The number of nitrogens with two attached hydrogens (primary N) is 1. The minimum Gasteiger partial charge on any atom is -0.290 e. The molecule has 0 unspecified atom stereocenters. The predicted octanol–water partition coefficient (Wildman–Crippen LogP) is 4.15. The molecule has 0 bridgehead atoms. The summed E-state index contributed by atoms with van der Waals surface area (Å²) in [7, 11) is 0. The lowest BCUT2D eigenvalue weighted by molar-refractivity contribution is 0.0950. The summed E-state index contributed by atoms with van der Waals surface area (Å²) in [4.78, 5) is 17.7. The van der Waals surface area contributed by atoms with Crippen LogP contribution in [0.4, 0.5) is 0 Å². The van der Waals surface area contributed by atoms with E-state index in [0.717, 1.165) is 47.8 Å². The quantitative estimate of drug-likeness (QED) is 0.506. The second kappa shape index (κ2) is 6.52. The van der Waals surface area contributed by atoms with Crippen molar-refractivity contribution in [1.29, 1.82) is 0 Å². The summed E-state index contributed by atoms with van der Waals surface area (Å²) >= 11 is 0. The summed E-state index contributed by atoms with van der Waals surface area (Å²) in [6.07, 6.45) is 9.49. The number of hydrogen-bond donors (Lipinski definition) is 2. The van der Waals surface area contributed by atoms with Crippen molar-refractivity contribution in [1.82, 2.24) is 10.4 Å². The Bertz CT molecular complexity index is 759. The zero-order valence-electron chi connectivity index (χ0n) is 14.1. The third-order valence-corrected chi connectivity index (χ3v) is 5.82. The van der Waals surface area contributed by atoms with Crippen LogP contribution in [0.5, 0.6) is 0 Å². The standard InChI is InChI=1S/C20H25N3O/c21-23-20(24)18-17(13-7-1-2-8-13)15-11-5-6-12-16(15)22-19(18)14-9-3-4-10-14/h5-6,11-14H,1-4,7-10,21H2,(H,23,24). The normalized spacial score (nSPS) is 19.2. The van der Waals surface area contributed by atoms with Crippen LogP contribution in [0.3, 0.4) is 0 Å². The Labute approximate surface area is 142 Å². The molecule has 0 aliphatic heterocycles. The third kappa shape index (κ3) is 2.59. The van der Waals surface area contributed by atoms with Gasteiger partial charge in [0.1, 0.15) is 0 Å². The van der Waals surface area contributed by atoms with E-state index >= 15 is 0 Å². The third-order valence-electron chi connectivity index (χ3n) is 5.82. The van der Waals surface area contributed by atoms with E-state index in [2.05, 4.69) is 17.6 Å². The average Bonchev–Trinajstić information content (AvgIpc) is 3.32. The van der Waals surface area contributed by atoms with Gasteiger partial charge in [0.15, 0.2) is 0 Å². The van der Waals surface area contributed by atoms with Gasteiger partial charge in [0.2, 0.25) is 0 Å². The van der Waals surface area contributed by atoms with Crippen LogP contribution in [0.2, 0.25) is 0 Å². The molecule has 1 amide bonds. The molecule has 4 heteroatoms. The van der Waals surface area contributed by atoms with Gasteiger partial charge in [-0.05, 0) is 43.2 Å².